The largest absolute Gasteiger partial charge is 0.508 e. The zero-order chi connectivity index (χ0) is 16.6. The van der Waals surface area contributed by atoms with Crippen molar-refractivity contribution in [2.45, 2.75) is 45.9 Å². The molecule has 6 heteroatoms. The highest BCUT2D eigenvalue weighted by molar-refractivity contribution is 5.62. The number of aliphatic hydroxyl groups is 2. The van der Waals surface area contributed by atoms with Gasteiger partial charge in [-0.25, -0.2) is 0 Å². The SMILES string of the molecule is CC(=O)O.CC(C)(C)NCC(O)c1ccc(O)c(CO)c1. The van der Waals surface area contributed by atoms with Crippen molar-refractivity contribution in [2.75, 3.05) is 6.54 Å². The lowest BCUT2D eigenvalue weighted by atomic mass is 10.0. The van der Waals surface area contributed by atoms with E-state index in [0.717, 1.165) is 6.92 Å². The molecule has 0 aliphatic carbocycles. The Morgan fingerprint density at radius 1 is 1.33 bits per heavy atom. The van der Waals surface area contributed by atoms with Crippen molar-refractivity contribution in [1.29, 1.82) is 0 Å². The predicted octanol–water partition coefficient (Wildman–Crippen LogP) is 1.40. The molecule has 0 spiro atoms. The Kier molecular flexibility index (Phi) is 7.94. The van der Waals surface area contributed by atoms with Crippen LogP contribution in [0, 0.1) is 0 Å². The summed E-state index contributed by atoms with van der Waals surface area (Å²) in [6.45, 7) is 7.35. The average Bonchev–Trinajstić information content (AvgIpc) is 2.35. The standard InChI is InChI=1S/C13H21NO3.C2H4O2/c1-13(2,3)14-7-12(17)9-4-5-11(16)10(6-9)8-15;1-2(3)4/h4-6,12,14-17H,7-8H2,1-3H3;1H3,(H,3,4). The fraction of sp³-hybridized carbons (Fsp3) is 0.533. The third-order valence-corrected chi connectivity index (χ3v) is 2.48. The second-order valence-corrected chi connectivity index (χ2v) is 5.71. The van der Waals surface area contributed by atoms with Crippen molar-refractivity contribution in [3.8, 4) is 5.75 Å². The molecule has 0 saturated heterocycles. The number of aliphatic carboxylic acids is 1. The Morgan fingerprint density at radius 2 is 1.86 bits per heavy atom. The van der Waals surface area contributed by atoms with E-state index in [1.165, 1.54) is 6.07 Å². The van der Waals surface area contributed by atoms with E-state index in [2.05, 4.69) is 5.32 Å². The maximum atomic E-state index is 9.97. The number of β-amino-alcohol motifs (C(OH)–C–C–N with tert-alkyl or cyclic N) is 1. The number of nitrogens with one attached hydrogen (secondary N) is 1. The van der Waals surface area contributed by atoms with Crippen molar-refractivity contribution in [2.24, 2.45) is 0 Å². The van der Waals surface area contributed by atoms with Crippen LogP contribution >= 0.6 is 0 Å². The molecule has 0 saturated carbocycles. The van der Waals surface area contributed by atoms with Gasteiger partial charge in [-0.15, -0.1) is 0 Å². The molecular formula is C15H25NO5. The fourth-order valence-corrected chi connectivity index (χ4v) is 1.46. The van der Waals surface area contributed by atoms with E-state index in [0.29, 0.717) is 17.7 Å². The summed E-state index contributed by atoms with van der Waals surface area (Å²) in [7, 11) is 0. The van der Waals surface area contributed by atoms with E-state index in [-0.39, 0.29) is 17.9 Å². The smallest absolute Gasteiger partial charge is 0.300 e. The van der Waals surface area contributed by atoms with E-state index < -0.39 is 12.1 Å². The summed E-state index contributed by atoms with van der Waals surface area (Å²) in [6.07, 6.45) is -0.653. The first-order chi connectivity index (χ1) is 9.56. The third-order valence-electron chi connectivity index (χ3n) is 2.48. The summed E-state index contributed by atoms with van der Waals surface area (Å²) >= 11 is 0. The van der Waals surface area contributed by atoms with Crippen LogP contribution in [0.3, 0.4) is 0 Å². The highest BCUT2D eigenvalue weighted by Gasteiger charge is 2.14. The molecule has 0 fully saturated rings. The number of hydrogen-bond donors (Lipinski definition) is 5. The second kappa shape index (κ2) is 8.61. The molecule has 0 radical (unpaired) electrons. The number of aliphatic hydroxyl groups excluding tert-OH is 2. The Balaban J connectivity index is 0.000000885. The van der Waals surface area contributed by atoms with Crippen LogP contribution in [0.1, 0.15) is 44.9 Å². The minimum Gasteiger partial charge on any atom is -0.508 e. The van der Waals surface area contributed by atoms with Crippen molar-refractivity contribution in [3.05, 3.63) is 29.3 Å². The predicted molar refractivity (Wildman–Crippen MR) is 80.1 cm³/mol. The first-order valence-corrected chi connectivity index (χ1v) is 6.62. The number of aromatic hydroxyl groups is 1. The molecule has 1 aromatic carbocycles. The quantitative estimate of drug-likeness (QED) is 0.575. The maximum absolute atomic E-state index is 9.97. The van der Waals surface area contributed by atoms with Crippen LogP contribution in [0.2, 0.25) is 0 Å². The molecule has 5 N–H and O–H groups in total. The van der Waals surface area contributed by atoms with Gasteiger partial charge in [0.05, 0.1) is 12.7 Å². The number of benzene rings is 1. The van der Waals surface area contributed by atoms with Crippen molar-refractivity contribution >= 4 is 5.97 Å². The van der Waals surface area contributed by atoms with Gasteiger partial charge in [0.15, 0.2) is 0 Å². The van der Waals surface area contributed by atoms with Gasteiger partial charge in [-0.2, -0.15) is 0 Å². The number of carboxylic acid groups (broad SMARTS) is 1. The van der Waals surface area contributed by atoms with Crippen LogP contribution in [0.25, 0.3) is 0 Å². The summed E-state index contributed by atoms with van der Waals surface area (Å²) < 4.78 is 0. The topological polar surface area (TPSA) is 110 Å². The fourth-order valence-electron chi connectivity index (χ4n) is 1.46. The number of rotatable bonds is 4. The number of phenols is 1. The maximum Gasteiger partial charge on any atom is 0.300 e. The minimum absolute atomic E-state index is 0.0484. The molecule has 21 heavy (non-hydrogen) atoms. The number of carbonyl (C=O) groups is 1. The highest BCUT2D eigenvalue weighted by atomic mass is 16.4. The molecule has 1 atom stereocenters. The van der Waals surface area contributed by atoms with E-state index in [9.17, 15) is 10.2 Å². The molecule has 0 aromatic heterocycles. The van der Waals surface area contributed by atoms with Crippen LogP contribution in [0.15, 0.2) is 18.2 Å². The van der Waals surface area contributed by atoms with E-state index in [1.54, 1.807) is 12.1 Å². The molecule has 120 valence electrons. The van der Waals surface area contributed by atoms with Gasteiger partial charge < -0.3 is 25.7 Å². The lowest BCUT2D eigenvalue weighted by molar-refractivity contribution is -0.134. The molecule has 1 aromatic rings. The number of hydrogen-bond acceptors (Lipinski definition) is 5. The van der Waals surface area contributed by atoms with Gasteiger partial charge in [0.25, 0.3) is 5.97 Å². The zero-order valence-electron chi connectivity index (χ0n) is 12.9. The van der Waals surface area contributed by atoms with Gasteiger partial charge in [0.2, 0.25) is 0 Å². The van der Waals surface area contributed by atoms with Gasteiger partial charge in [-0.3, -0.25) is 4.79 Å². The molecule has 0 amide bonds. The summed E-state index contributed by atoms with van der Waals surface area (Å²) in [6, 6.07) is 4.76. The Labute approximate surface area is 125 Å². The third kappa shape index (κ3) is 9.01. The van der Waals surface area contributed by atoms with Crippen molar-refractivity contribution < 1.29 is 25.2 Å². The number of carboxylic acids is 1. The van der Waals surface area contributed by atoms with Crippen LogP contribution < -0.4 is 5.32 Å². The Bertz CT molecular complexity index is 450. The van der Waals surface area contributed by atoms with Gasteiger partial charge in [0.1, 0.15) is 5.75 Å². The van der Waals surface area contributed by atoms with Crippen molar-refractivity contribution in [3.63, 3.8) is 0 Å². The van der Waals surface area contributed by atoms with Crippen LogP contribution in [-0.2, 0) is 11.4 Å². The summed E-state index contributed by atoms with van der Waals surface area (Å²) in [5, 5.41) is 39.0. The average molecular weight is 299 g/mol. The van der Waals surface area contributed by atoms with E-state index >= 15 is 0 Å². The van der Waals surface area contributed by atoms with Crippen LogP contribution in [0.5, 0.6) is 5.75 Å². The second-order valence-electron chi connectivity index (χ2n) is 5.71. The summed E-state index contributed by atoms with van der Waals surface area (Å²) in [4.78, 5) is 9.00. The van der Waals surface area contributed by atoms with Gasteiger partial charge >= 0.3 is 0 Å². The molecular weight excluding hydrogens is 274 g/mol. The molecule has 0 aliphatic heterocycles. The van der Waals surface area contributed by atoms with E-state index in [4.69, 9.17) is 15.0 Å². The van der Waals surface area contributed by atoms with Crippen LogP contribution in [0.4, 0.5) is 0 Å². The van der Waals surface area contributed by atoms with E-state index in [1.807, 2.05) is 20.8 Å². The van der Waals surface area contributed by atoms with Gasteiger partial charge in [-0.05, 0) is 38.5 Å². The normalized spacial score (nSPS) is 12.3. The molecule has 0 heterocycles. The molecule has 1 unspecified atom stereocenters. The molecule has 0 bridgehead atoms. The zero-order valence-corrected chi connectivity index (χ0v) is 12.9. The van der Waals surface area contributed by atoms with Crippen molar-refractivity contribution in [1.82, 2.24) is 5.32 Å². The van der Waals surface area contributed by atoms with Gasteiger partial charge in [0, 0.05) is 24.6 Å². The summed E-state index contributed by atoms with van der Waals surface area (Å²) in [5.41, 5.74) is 1.05. The lowest BCUT2D eigenvalue weighted by Gasteiger charge is -2.23. The molecule has 6 nitrogen and oxygen atoms in total. The molecule has 1 rings (SSSR count). The lowest BCUT2D eigenvalue weighted by Crippen LogP contribution is -2.38. The highest BCUT2D eigenvalue weighted by Crippen LogP contribution is 2.22. The Hall–Kier alpha value is -1.63. The summed E-state index contributed by atoms with van der Waals surface area (Å²) in [5.74, 6) is -0.785. The van der Waals surface area contributed by atoms with Crippen LogP contribution in [-0.4, -0.2) is 38.5 Å². The monoisotopic (exact) mass is 299 g/mol. The van der Waals surface area contributed by atoms with Gasteiger partial charge in [-0.1, -0.05) is 6.07 Å². The minimum atomic E-state index is -0.833. The first kappa shape index (κ1) is 19.4. The first-order valence-electron chi connectivity index (χ1n) is 6.62. The molecule has 0 aliphatic rings. The Morgan fingerprint density at radius 3 is 2.29 bits per heavy atom.